The number of carbonyl (C=O) groups excluding carboxylic acids is 1. The quantitative estimate of drug-likeness (QED) is 0.759. The fourth-order valence-corrected chi connectivity index (χ4v) is 3.13. The average Bonchev–Trinajstić information content (AvgIpc) is 2.36. The highest BCUT2D eigenvalue weighted by Gasteiger charge is 2.43. The lowest BCUT2D eigenvalue weighted by Gasteiger charge is -2.44. The normalized spacial score (nSPS) is 28.1. The van der Waals surface area contributed by atoms with E-state index in [0.717, 1.165) is 23.1 Å². The van der Waals surface area contributed by atoms with Crippen molar-refractivity contribution in [2.45, 2.75) is 25.1 Å². The summed E-state index contributed by atoms with van der Waals surface area (Å²) in [5.41, 5.74) is 0.480. The van der Waals surface area contributed by atoms with Gasteiger partial charge in [0, 0.05) is 12.0 Å². The first-order chi connectivity index (χ1) is 9.15. The van der Waals surface area contributed by atoms with E-state index in [2.05, 4.69) is 28.8 Å². The Labute approximate surface area is 110 Å². The van der Waals surface area contributed by atoms with Gasteiger partial charge in [-0.05, 0) is 23.8 Å². The van der Waals surface area contributed by atoms with Gasteiger partial charge >= 0.3 is 6.03 Å². The second-order valence-electron chi connectivity index (χ2n) is 5.39. The maximum atomic E-state index is 11.7. The Bertz CT molecular complexity index is 698. The minimum absolute atomic E-state index is 0.00796. The number of ether oxygens (including phenoxy) is 1. The van der Waals surface area contributed by atoms with Gasteiger partial charge in [0.1, 0.15) is 5.75 Å². The Hall–Kier alpha value is -2.23. The summed E-state index contributed by atoms with van der Waals surface area (Å²) in [4.78, 5) is 11.7. The number of carbonyl (C=O) groups is 1. The SMILES string of the molecule is C[C@@]12C[C@H](NC(=O)N1)c1c(ccc3ccccc13)O2. The number of hydrogen-bond acceptors (Lipinski definition) is 2. The van der Waals surface area contributed by atoms with Crippen LogP contribution in [0.1, 0.15) is 24.9 Å². The zero-order valence-electron chi connectivity index (χ0n) is 10.6. The van der Waals surface area contributed by atoms with Crippen molar-refractivity contribution >= 4 is 16.8 Å². The Morgan fingerprint density at radius 2 is 2.11 bits per heavy atom. The molecule has 96 valence electrons. The Morgan fingerprint density at radius 3 is 3.00 bits per heavy atom. The topological polar surface area (TPSA) is 50.4 Å². The first-order valence-electron chi connectivity index (χ1n) is 6.44. The molecule has 1 saturated heterocycles. The highest BCUT2D eigenvalue weighted by Crippen LogP contribution is 2.43. The minimum Gasteiger partial charge on any atom is -0.468 e. The predicted octanol–water partition coefficient (Wildman–Crippen LogP) is 2.69. The first-order valence-corrected chi connectivity index (χ1v) is 6.44. The van der Waals surface area contributed by atoms with E-state index in [4.69, 9.17) is 4.74 Å². The predicted molar refractivity (Wildman–Crippen MR) is 72.0 cm³/mol. The van der Waals surface area contributed by atoms with Crippen molar-refractivity contribution in [2.75, 3.05) is 0 Å². The highest BCUT2D eigenvalue weighted by atomic mass is 16.5. The van der Waals surface area contributed by atoms with E-state index in [1.165, 1.54) is 5.39 Å². The smallest absolute Gasteiger partial charge is 0.318 e. The molecule has 2 atom stereocenters. The van der Waals surface area contributed by atoms with Gasteiger partial charge in [-0.3, -0.25) is 0 Å². The number of rotatable bonds is 0. The lowest BCUT2D eigenvalue weighted by Crippen LogP contribution is -2.62. The molecule has 0 radical (unpaired) electrons. The summed E-state index contributed by atoms with van der Waals surface area (Å²) < 4.78 is 6.00. The van der Waals surface area contributed by atoms with Crippen LogP contribution in [0.4, 0.5) is 4.79 Å². The second-order valence-corrected chi connectivity index (χ2v) is 5.39. The number of benzene rings is 2. The number of urea groups is 1. The summed E-state index contributed by atoms with van der Waals surface area (Å²) >= 11 is 0. The van der Waals surface area contributed by atoms with Crippen molar-refractivity contribution < 1.29 is 9.53 Å². The largest absolute Gasteiger partial charge is 0.468 e. The first kappa shape index (κ1) is 10.7. The Balaban J connectivity index is 1.99. The van der Waals surface area contributed by atoms with Gasteiger partial charge in [0.2, 0.25) is 0 Å². The van der Waals surface area contributed by atoms with E-state index in [-0.39, 0.29) is 12.1 Å². The third-order valence-electron chi connectivity index (χ3n) is 3.89. The van der Waals surface area contributed by atoms with Gasteiger partial charge in [0.05, 0.1) is 6.04 Å². The molecule has 0 aliphatic carbocycles. The summed E-state index contributed by atoms with van der Waals surface area (Å²) in [5.74, 6) is 0.852. The Morgan fingerprint density at radius 1 is 1.26 bits per heavy atom. The van der Waals surface area contributed by atoms with Crippen LogP contribution in [0.15, 0.2) is 36.4 Å². The van der Waals surface area contributed by atoms with Gasteiger partial charge in [-0.25, -0.2) is 4.79 Å². The zero-order chi connectivity index (χ0) is 13.0. The summed E-state index contributed by atoms with van der Waals surface area (Å²) in [6, 6.07) is 12.1. The van der Waals surface area contributed by atoms with Crippen LogP contribution in [0.2, 0.25) is 0 Å². The molecule has 4 nitrogen and oxygen atoms in total. The molecule has 4 rings (SSSR count). The number of fused-ring (bicyclic) bond motifs is 6. The van der Waals surface area contributed by atoms with Crippen LogP contribution in [0.3, 0.4) is 0 Å². The third kappa shape index (κ3) is 1.49. The van der Waals surface area contributed by atoms with Crippen molar-refractivity contribution in [1.29, 1.82) is 0 Å². The molecule has 4 heteroatoms. The molecule has 2 aromatic rings. The molecule has 1 fully saturated rings. The number of nitrogens with one attached hydrogen (secondary N) is 2. The van der Waals surface area contributed by atoms with E-state index < -0.39 is 5.72 Å². The van der Waals surface area contributed by atoms with Crippen LogP contribution in [-0.2, 0) is 0 Å². The highest BCUT2D eigenvalue weighted by molar-refractivity contribution is 5.89. The maximum Gasteiger partial charge on any atom is 0.318 e. The van der Waals surface area contributed by atoms with Gasteiger partial charge in [0.15, 0.2) is 5.72 Å². The van der Waals surface area contributed by atoms with Crippen LogP contribution < -0.4 is 15.4 Å². The van der Waals surface area contributed by atoms with Crippen molar-refractivity contribution in [1.82, 2.24) is 10.6 Å². The molecule has 2 N–H and O–H groups in total. The van der Waals surface area contributed by atoms with Crippen LogP contribution >= 0.6 is 0 Å². The monoisotopic (exact) mass is 254 g/mol. The molecule has 2 heterocycles. The summed E-state index contributed by atoms with van der Waals surface area (Å²) in [5, 5.41) is 8.15. The molecule has 2 bridgehead atoms. The molecular formula is C15H14N2O2. The van der Waals surface area contributed by atoms with Gasteiger partial charge in [-0.2, -0.15) is 0 Å². The molecule has 2 amide bonds. The molecule has 0 unspecified atom stereocenters. The van der Waals surface area contributed by atoms with E-state index in [9.17, 15) is 4.79 Å². The lowest BCUT2D eigenvalue weighted by molar-refractivity contribution is 0.0125. The molecule has 2 aliphatic rings. The molecule has 0 aromatic heterocycles. The third-order valence-corrected chi connectivity index (χ3v) is 3.89. The van der Waals surface area contributed by atoms with Crippen molar-refractivity contribution in [2.24, 2.45) is 0 Å². The standard InChI is InChI=1S/C15H14N2O2/c1-15-8-11(16-14(18)17-15)13-10-5-3-2-4-9(10)6-7-12(13)19-15/h2-7,11H,8H2,1H3,(H2,16,17,18)/t11-,15+/m0/s1. The molecule has 0 spiro atoms. The van der Waals surface area contributed by atoms with Gasteiger partial charge in [0.25, 0.3) is 0 Å². The average molecular weight is 254 g/mol. The zero-order valence-corrected chi connectivity index (χ0v) is 10.6. The van der Waals surface area contributed by atoms with Crippen LogP contribution in [0.25, 0.3) is 10.8 Å². The molecular weight excluding hydrogens is 240 g/mol. The minimum atomic E-state index is -0.609. The molecule has 2 aliphatic heterocycles. The van der Waals surface area contributed by atoms with Gasteiger partial charge < -0.3 is 15.4 Å². The second kappa shape index (κ2) is 3.41. The molecule has 2 aromatic carbocycles. The number of hydrogen-bond donors (Lipinski definition) is 2. The van der Waals surface area contributed by atoms with Crippen molar-refractivity contribution in [3.63, 3.8) is 0 Å². The van der Waals surface area contributed by atoms with Crippen molar-refractivity contribution in [3.05, 3.63) is 42.0 Å². The van der Waals surface area contributed by atoms with Gasteiger partial charge in [-0.15, -0.1) is 0 Å². The Kier molecular flexibility index (Phi) is 1.91. The lowest BCUT2D eigenvalue weighted by atomic mass is 9.88. The van der Waals surface area contributed by atoms with Gasteiger partial charge in [-0.1, -0.05) is 30.3 Å². The van der Waals surface area contributed by atoms with E-state index in [0.29, 0.717) is 0 Å². The summed E-state index contributed by atoms with van der Waals surface area (Å²) in [6.07, 6.45) is 0.736. The van der Waals surface area contributed by atoms with Crippen LogP contribution in [0.5, 0.6) is 5.75 Å². The van der Waals surface area contributed by atoms with E-state index in [1.54, 1.807) is 0 Å². The fourth-order valence-electron chi connectivity index (χ4n) is 3.13. The number of amides is 2. The van der Waals surface area contributed by atoms with E-state index in [1.807, 2.05) is 25.1 Å². The summed E-state index contributed by atoms with van der Waals surface area (Å²) in [7, 11) is 0. The fraction of sp³-hybridized carbons (Fsp3) is 0.267. The molecule has 19 heavy (non-hydrogen) atoms. The van der Waals surface area contributed by atoms with Crippen LogP contribution in [-0.4, -0.2) is 11.8 Å². The van der Waals surface area contributed by atoms with Crippen LogP contribution in [0, 0.1) is 0 Å². The molecule has 0 saturated carbocycles. The maximum absolute atomic E-state index is 11.7. The summed E-state index contributed by atoms with van der Waals surface area (Å²) in [6.45, 7) is 1.91. The van der Waals surface area contributed by atoms with Crippen molar-refractivity contribution in [3.8, 4) is 5.75 Å². The van der Waals surface area contributed by atoms with E-state index >= 15 is 0 Å².